The van der Waals surface area contributed by atoms with Crippen LogP contribution in [0.15, 0.2) is 72.8 Å². The Bertz CT molecular complexity index is 1330. The molecule has 3 aromatic carbocycles. The summed E-state index contributed by atoms with van der Waals surface area (Å²) in [4.78, 5) is 36.1. The maximum Gasteiger partial charge on any atom is 0.268 e. The maximum atomic E-state index is 13.2. The van der Waals surface area contributed by atoms with Crippen LogP contribution in [0.3, 0.4) is 0 Å². The molecule has 0 unspecified atom stereocenters. The zero-order chi connectivity index (χ0) is 27.5. The second kappa shape index (κ2) is 13.7. The first-order chi connectivity index (χ1) is 18.2. The van der Waals surface area contributed by atoms with Crippen LogP contribution in [0.1, 0.15) is 34.0 Å². The molecule has 0 spiro atoms. The van der Waals surface area contributed by atoms with Crippen molar-refractivity contribution in [2.24, 2.45) is 0 Å². The SMILES string of the molecule is C[C@@H](O)[C@H](NC(=O)c1ccc(C#Cc2ccc(NC(=O)CNCc3cccc(F)c3)cc2)cc1)C(=O)NO. The molecule has 0 bridgehead atoms. The van der Waals surface area contributed by atoms with Gasteiger partial charge in [0, 0.05) is 28.9 Å². The Morgan fingerprint density at radius 1 is 0.947 bits per heavy atom. The molecule has 0 radical (unpaired) electrons. The van der Waals surface area contributed by atoms with Crippen LogP contribution in [-0.4, -0.2) is 46.7 Å². The van der Waals surface area contributed by atoms with Crippen molar-refractivity contribution in [3.63, 3.8) is 0 Å². The third kappa shape index (κ3) is 8.53. The van der Waals surface area contributed by atoms with Gasteiger partial charge in [0.1, 0.15) is 11.9 Å². The van der Waals surface area contributed by atoms with Crippen molar-refractivity contribution >= 4 is 23.4 Å². The summed E-state index contributed by atoms with van der Waals surface area (Å²) >= 11 is 0. The molecule has 0 aliphatic carbocycles. The minimum atomic E-state index is -1.31. The average Bonchev–Trinajstić information content (AvgIpc) is 2.91. The molecule has 3 aromatic rings. The number of amides is 3. The van der Waals surface area contributed by atoms with Crippen molar-refractivity contribution in [2.75, 3.05) is 11.9 Å². The van der Waals surface area contributed by atoms with Crippen LogP contribution in [0.5, 0.6) is 0 Å². The molecular formula is C28H27FN4O5. The molecule has 38 heavy (non-hydrogen) atoms. The van der Waals surface area contributed by atoms with Gasteiger partial charge < -0.3 is 21.1 Å². The standard InChI is InChI=1S/C28H27FN4O5/c1-18(34)26(28(37)33-38)32-27(36)22-11-7-19(8-12-22)5-6-20-9-13-24(14-10-20)31-25(35)17-30-16-21-3-2-4-23(29)15-21/h2-4,7-15,18,26,30,34,38H,16-17H2,1H3,(H,31,35)(H,32,36)(H,33,37)/t18-,26+/m1/s1. The van der Waals surface area contributed by atoms with Crippen LogP contribution in [0.4, 0.5) is 10.1 Å². The molecule has 0 aliphatic rings. The van der Waals surface area contributed by atoms with Crippen LogP contribution in [0.2, 0.25) is 0 Å². The van der Waals surface area contributed by atoms with Gasteiger partial charge in [-0.3, -0.25) is 19.6 Å². The quantitative estimate of drug-likeness (QED) is 0.145. The molecule has 9 nitrogen and oxygen atoms in total. The minimum absolute atomic E-state index is 0.0698. The van der Waals surface area contributed by atoms with Gasteiger partial charge in [0.25, 0.3) is 11.8 Å². The first-order valence-electron chi connectivity index (χ1n) is 11.6. The van der Waals surface area contributed by atoms with E-state index in [9.17, 15) is 23.9 Å². The molecule has 0 heterocycles. The number of hydrogen-bond donors (Lipinski definition) is 6. The summed E-state index contributed by atoms with van der Waals surface area (Å²) in [6.45, 7) is 1.75. The number of nitrogens with one attached hydrogen (secondary N) is 4. The number of benzene rings is 3. The highest BCUT2D eigenvalue weighted by molar-refractivity contribution is 5.97. The fourth-order valence-corrected chi connectivity index (χ4v) is 3.36. The topological polar surface area (TPSA) is 140 Å². The second-order valence-electron chi connectivity index (χ2n) is 8.35. The Hall–Kier alpha value is -4.56. The number of anilines is 1. The van der Waals surface area contributed by atoms with Crippen LogP contribution in [0, 0.1) is 17.7 Å². The molecule has 3 amide bonds. The number of aliphatic hydroxyl groups is 1. The average molecular weight is 519 g/mol. The first-order valence-corrected chi connectivity index (χ1v) is 11.6. The smallest absolute Gasteiger partial charge is 0.268 e. The number of hydroxylamine groups is 1. The van der Waals surface area contributed by atoms with E-state index in [0.29, 0.717) is 23.4 Å². The Labute approximate surface area is 219 Å². The van der Waals surface area contributed by atoms with Gasteiger partial charge in [-0.1, -0.05) is 24.0 Å². The van der Waals surface area contributed by atoms with E-state index in [1.807, 2.05) is 0 Å². The van der Waals surface area contributed by atoms with E-state index in [-0.39, 0.29) is 23.8 Å². The minimum Gasteiger partial charge on any atom is -0.391 e. The second-order valence-corrected chi connectivity index (χ2v) is 8.35. The van der Waals surface area contributed by atoms with Gasteiger partial charge in [-0.05, 0) is 73.2 Å². The lowest BCUT2D eigenvalue weighted by Gasteiger charge is -2.19. The van der Waals surface area contributed by atoms with Gasteiger partial charge >= 0.3 is 0 Å². The largest absolute Gasteiger partial charge is 0.391 e. The summed E-state index contributed by atoms with van der Waals surface area (Å²) in [6, 6.07) is 18.1. The first kappa shape index (κ1) is 28.0. The Morgan fingerprint density at radius 2 is 1.58 bits per heavy atom. The van der Waals surface area contributed by atoms with Crippen molar-refractivity contribution in [3.05, 3.63) is 101 Å². The Morgan fingerprint density at radius 3 is 2.16 bits per heavy atom. The highest BCUT2D eigenvalue weighted by Crippen LogP contribution is 2.10. The van der Waals surface area contributed by atoms with E-state index in [1.165, 1.54) is 36.7 Å². The lowest BCUT2D eigenvalue weighted by atomic mass is 10.1. The highest BCUT2D eigenvalue weighted by atomic mass is 19.1. The lowest BCUT2D eigenvalue weighted by Crippen LogP contribution is -2.51. The van der Waals surface area contributed by atoms with Gasteiger partial charge in [0.05, 0.1) is 12.6 Å². The van der Waals surface area contributed by atoms with E-state index in [1.54, 1.807) is 48.5 Å². The molecule has 0 aromatic heterocycles. The van der Waals surface area contributed by atoms with Crippen LogP contribution < -0.4 is 21.4 Å². The van der Waals surface area contributed by atoms with Crippen molar-refractivity contribution in [1.29, 1.82) is 0 Å². The van der Waals surface area contributed by atoms with Crippen molar-refractivity contribution < 1.29 is 29.1 Å². The van der Waals surface area contributed by atoms with Gasteiger partial charge in [-0.2, -0.15) is 0 Å². The monoisotopic (exact) mass is 518 g/mol. The molecule has 0 saturated carbocycles. The summed E-state index contributed by atoms with van der Waals surface area (Å²) in [5.74, 6) is 3.89. The van der Waals surface area contributed by atoms with Crippen molar-refractivity contribution in [2.45, 2.75) is 25.6 Å². The van der Waals surface area contributed by atoms with E-state index in [2.05, 4.69) is 27.8 Å². The summed E-state index contributed by atoms with van der Waals surface area (Å²) in [6.07, 6.45) is -1.21. The summed E-state index contributed by atoms with van der Waals surface area (Å²) in [7, 11) is 0. The predicted octanol–water partition coefficient (Wildman–Crippen LogP) is 1.94. The third-order valence-electron chi connectivity index (χ3n) is 5.33. The zero-order valence-corrected chi connectivity index (χ0v) is 20.5. The van der Waals surface area contributed by atoms with Gasteiger partial charge in [0.15, 0.2) is 0 Å². The fourth-order valence-electron chi connectivity index (χ4n) is 3.36. The van der Waals surface area contributed by atoms with E-state index < -0.39 is 24.0 Å². The normalized spacial score (nSPS) is 11.9. The van der Waals surface area contributed by atoms with Gasteiger partial charge in [0.2, 0.25) is 5.91 Å². The van der Waals surface area contributed by atoms with Gasteiger partial charge in [-0.25, -0.2) is 9.87 Å². The highest BCUT2D eigenvalue weighted by Gasteiger charge is 2.25. The molecule has 2 atom stereocenters. The number of carbonyl (C=O) groups excluding carboxylic acids is 3. The molecule has 10 heteroatoms. The number of hydrogen-bond acceptors (Lipinski definition) is 6. The van der Waals surface area contributed by atoms with Crippen LogP contribution in [-0.2, 0) is 16.1 Å². The summed E-state index contributed by atoms with van der Waals surface area (Å²) < 4.78 is 13.2. The van der Waals surface area contributed by atoms with E-state index >= 15 is 0 Å². The number of aliphatic hydroxyl groups excluding tert-OH is 1. The molecule has 196 valence electrons. The molecular weight excluding hydrogens is 491 g/mol. The molecule has 6 N–H and O–H groups in total. The number of halogens is 1. The summed E-state index contributed by atoms with van der Waals surface area (Å²) in [5, 5.41) is 26.5. The third-order valence-corrected chi connectivity index (χ3v) is 5.33. The van der Waals surface area contributed by atoms with Gasteiger partial charge in [-0.15, -0.1) is 0 Å². The molecule has 0 saturated heterocycles. The van der Waals surface area contributed by atoms with E-state index in [0.717, 1.165) is 5.56 Å². The van der Waals surface area contributed by atoms with Crippen LogP contribution >= 0.6 is 0 Å². The molecule has 3 rings (SSSR count). The zero-order valence-electron chi connectivity index (χ0n) is 20.5. The number of rotatable bonds is 9. The van der Waals surface area contributed by atoms with Crippen molar-refractivity contribution in [1.82, 2.24) is 16.1 Å². The maximum absolute atomic E-state index is 13.2. The van der Waals surface area contributed by atoms with Crippen LogP contribution in [0.25, 0.3) is 0 Å². The molecule has 0 aliphatic heterocycles. The molecule has 0 fully saturated rings. The number of carbonyl (C=O) groups is 3. The van der Waals surface area contributed by atoms with E-state index in [4.69, 9.17) is 5.21 Å². The Kier molecular flexibility index (Phi) is 10.1. The van der Waals surface area contributed by atoms with Crippen molar-refractivity contribution in [3.8, 4) is 11.8 Å². The Balaban J connectivity index is 1.50. The fraction of sp³-hybridized carbons (Fsp3) is 0.179. The predicted molar refractivity (Wildman–Crippen MR) is 138 cm³/mol. The summed E-state index contributed by atoms with van der Waals surface area (Å²) in [5.41, 5.74) is 4.36. The lowest BCUT2D eigenvalue weighted by molar-refractivity contribution is -0.133.